The maximum Gasteiger partial charge on any atom is 0.132 e. The van der Waals surface area contributed by atoms with Crippen molar-refractivity contribution >= 4 is 11.8 Å². The zero-order valence-corrected chi connectivity index (χ0v) is 12.7. The molecule has 0 unspecified atom stereocenters. The van der Waals surface area contributed by atoms with Gasteiger partial charge in [0.2, 0.25) is 0 Å². The summed E-state index contributed by atoms with van der Waals surface area (Å²) in [5.74, 6) is 2.38. The van der Waals surface area contributed by atoms with Gasteiger partial charge in [-0.1, -0.05) is 36.4 Å². The molecule has 0 aliphatic carbocycles. The monoisotopic (exact) mass is 285 g/mol. The minimum atomic E-state index is 0.385. The third-order valence-corrected chi connectivity index (χ3v) is 5.00. The predicted octanol–water partition coefficient (Wildman–Crippen LogP) is 3.65. The van der Waals surface area contributed by atoms with E-state index in [1.165, 1.54) is 21.6 Å². The van der Waals surface area contributed by atoms with Crippen LogP contribution in [0.2, 0.25) is 0 Å². The maximum atomic E-state index is 5.55. The molecule has 0 saturated heterocycles. The molecule has 0 bridgehead atoms. The normalized spacial score (nSPS) is 17.0. The minimum Gasteiger partial charge on any atom is -0.496 e. The molecule has 3 rings (SSSR count). The number of nitrogens with one attached hydrogen (secondary N) is 1. The molecule has 2 nitrogen and oxygen atoms in total. The Hall–Kier alpha value is -1.45. The topological polar surface area (TPSA) is 21.3 Å². The van der Waals surface area contributed by atoms with Gasteiger partial charge >= 0.3 is 0 Å². The van der Waals surface area contributed by atoms with Crippen LogP contribution < -0.4 is 10.1 Å². The van der Waals surface area contributed by atoms with E-state index in [1.807, 2.05) is 18.8 Å². The summed E-state index contributed by atoms with van der Waals surface area (Å²) in [6.45, 7) is 0.942. The minimum absolute atomic E-state index is 0.385. The Kier molecular flexibility index (Phi) is 3.99. The van der Waals surface area contributed by atoms with E-state index in [1.54, 1.807) is 7.11 Å². The second kappa shape index (κ2) is 5.90. The molecule has 0 aromatic heterocycles. The van der Waals surface area contributed by atoms with Gasteiger partial charge in [-0.2, -0.15) is 0 Å². The Balaban J connectivity index is 2.17. The summed E-state index contributed by atoms with van der Waals surface area (Å²) >= 11 is 1.88. The van der Waals surface area contributed by atoms with E-state index >= 15 is 0 Å². The van der Waals surface area contributed by atoms with Gasteiger partial charge < -0.3 is 10.1 Å². The van der Waals surface area contributed by atoms with Crippen molar-refractivity contribution in [3.8, 4) is 5.75 Å². The summed E-state index contributed by atoms with van der Waals surface area (Å²) in [5, 5.41) is 3.33. The summed E-state index contributed by atoms with van der Waals surface area (Å²) in [6, 6.07) is 15.1. The first-order chi connectivity index (χ1) is 9.85. The summed E-state index contributed by atoms with van der Waals surface area (Å²) in [4.78, 5) is 1.28. The molecule has 1 atom stereocenters. The van der Waals surface area contributed by atoms with Crippen molar-refractivity contribution in [2.45, 2.75) is 16.6 Å². The highest BCUT2D eigenvalue weighted by molar-refractivity contribution is 7.98. The van der Waals surface area contributed by atoms with E-state index < -0.39 is 0 Å². The molecule has 1 heterocycles. The van der Waals surface area contributed by atoms with Gasteiger partial charge in [-0.05, 0) is 29.8 Å². The van der Waals surface area contributed by atoms with Crippen molar-refractivity contribution in [2.75, 3.05) is 20.7 Å². The molecule has 2 aromatic carbocycles. The van der Waals surface area contributed by atoms with E-state index in [0.29, 0.717) is 5.92 Å². The van der Waals surface area contributed by atoms with Crippen LogP contribution in [0, 0.1) is 0 Å². The number of benzene rings is 2. The van der Waals surface area contributed by atoms with E-state index in [9.17, 15) is 0 Å². The van der Waals surface area contributed by atoms with Crippen LogP contribution in [0.3, 0.4) is 0 Å². The van der Waals surface area contributed by atoms with E-state index in [2.05, 4.69) is 47.8 Å². The van der Waals surface area contributed by atoms with Crippen molar-refractivity contribution in [1.29, 1.82) is 0 Å². The smallest absolute Gasteiger partial charge is 0.132 e. The number of methoxy groups -OCH3 is 1. The first kappa shape index (κ1) is 13.5. The molecule has 104 valence electrons. The van der Waals surface area contributed by atoms with Crippen LogP contribution in [0.15, 0.2) is 47.4 Å². The molecule has 0 amide bonds. The largest absolute Gasteiger partial charge is 0.496 e. The Morgan fingerprint density at radius 1 is 1.15 bits per heavy atom. The number of ether oxygens (including phenoxy) is 1. The molecule has 1 N–H and O–H groups in total. The molecule has 0 fully saturated rings. The quantitative estimate of drug-likeness (QED) is 0.930. The molecular weight excluding hydrogens is 266 g/mol. The fraction of sp³-hybridized carbons (Fsp3) is 0.294. The van der Waals surface area contributed by atoms with Crippen molar-refractivity contribution < 1.29 is 4.74 Å². The highest BCUT2D eigenvalue weighted by Gasteiger charge is 2.25. The lowest BCUT2D eigenvalue weighted by Crippen LogP contribution is -2.19. The maximum absolute atomic E-state index is 5.55. The van der Waals surface area contributed by atoms with Crippen LogP contribution in [0.5, 0.6) is 5.75 Å². The SMILES string of the molecule is CNC[C@@H]1c2ccccc2CSc2c(OC)cccc21. The standard InChI is InChI=1S/C17H19NOS/c1-18-10-15-13-7-4-3-6-12(13)11-20-17-14(15)8-5-9-16(17)19-2/h3-9,15,18H,10-11H2,1-2H3/t15-/m1/s1. The van der Waals surface area contributed by atoms with Crippen LogP contribution >= 0.6 is 11.8 Å². The fourth-order valence-corrected chi connectivity index (χ4v) is 4.10. The number of hydrogen-bond acceptors (Lipinski definition) is 3. The van der Waals surface area contributed by atoms with Crippen molar-refractivity contribution in [3.05, 3.63) is 59.2 Å². The van der Waals surface area contributed by atoms with Crippen LogP contribution in [0.4, 0.5) is 0 Å². The van der Waals surface area contributed by atoms with Gasteiger partial charge in [0.1, 0.15) is 5.75 Å². The Morgan fingerprint density at radius 2 is 1.95 bits per heavy atom. The number of likely N-dealkylation sites (N-methyl/N-ethyl adjacent to an activating group) is 1. The van der Waals surface area contributed by atoms with Crippen LogP contribution in [-0.2, 0) is 5.75 Å². The number of hydrogen-bond donors (Lipinski definition) is 1. The molecule has 0 spiro atoms. The van der Waals surface area contributed by atoms with Crippen molar-refractivity contribution in [1.82, 2.24) is 5.32 Å². The summed E-state index contributed by atoms with van der Waals surface area (Å²) in [5.41, 5.74) is 4.23. The van der Waals surface area contributed by atoms with Crippen LogP contribution in [0.25, 0.3) is 0 Å². The Labute approximate surface area is 124 Å². The van der Waals surface area contributed by atoms with Gasteiger partial charge in [-0.3, -0.25) is 0 Å². The highest BCUT2D eigenvalue weighted by Crippen LogP contribution is 2.44. The fourth-order valence-electron chi connectivity index (χ4n) is 2.87. The first-order valence-corrected chi connectivity index (χ1v) is 7.85. The van der Waals surface area contributed by atoms with Crippen molar-refractivity contribution in [2.24, 2.45) is 0 Å². The van der Waals surface area contributed by atoms with Gasteiger partial charge in [-0.15, -0.1) is 11.8 Å². The van der Waals surface area contributed by atoms with Gasteiger partial charge in [0.15, 0.2) is 0 Å². The lowest BCUT2D eigenvalue weighted by Gasteiger charge is -2.20. The van der Waals surface area contributed by atoms with Crippen molar-refractivity contribution in [3.63, 3.8) is 0 Å². The number of fused-ring (bicyclic) bond motifs is 2. The van der Waals surface area contributed by atoms with Gasteiger partial charge in [-0.25, -0.2) is 0 Å². The Morgan fingerprint density at radius 3 is 2.75 bits per heavy atom. The molecule has 2 aromatic rings. The molecule has 0 radical (unpaired) electrons. The van der Waals surface area contributed by atoms with Gasteiger partial charge in [0.05, 0.1) is 12.0 Å². The zero-order chi connectivity index (χ0) is 13.9. The van der Waals surface area contributed by atoms with E-state index in [4.69, 9.17) is 4.74 Å². The second-order valence-electron chi connectivity index (χ2n) is 4.98. The molecule has 3 heteroatoms. The lowest BCUT2D eigenvalue weighted by atomic mass is 9.88. The second-order valence-corrected chi connectivity index (χ2v) is 5.96. The average Bonchev–Trinajstić information content (AvgIpc) is 2.65. The molecule has 1 aliphatic rings. The first-order valence-electron chi connectivity index (χ1n) is 6.87. The average molecular weight is 285 g/mol. The van der Waals surface area contributed by atoms with E-state index in [0.717, 1.165) is 18.0 Å². The lowest BCUT2D eigenvalue weighted by molar-refractivity contribution is 0.403. The summed E-state index contributed by atoms with van der Waals surface area (Å²) in [6.07, 6.45) is 0. The summed E-state index contributed by atoms with van der Waals surface area (Å²) in [7, 11) is 3.77. The molecular formula is C17H19NOS. The number of rotatable bonds is 3. The molecule has 1 aliphatic heterocycles. The summed E-state index contributed by atoms with van der Waals surface area (Å²) < 4.78 is 5.55. The zero-order valence-electron chi connectivity index (χ0n) is 11.8. The van der Waals surface area contributed by atoms with Gasteiger partial charge in [0, 0.05) is 18.2 Å². The third-order valence-electron chi connectivity index (χ3n) is 3.82. The third kappa shape index (κ3) is 2.32. The Bertz CT molecular complexity index is 612. The van der Waals surface area contributed by atoms with Gasteiger partial charge in [0.25, 0.3) is 0 Å². The predicted molar refractivity (Wildman–Crippen MR) is 84.8 cm³/mol. The highest BCUT2D eigenvalue weighted by atomic mass is 32.2. The number of thioether (sulfide) groups is 1. The van der Waals surface area contributed by atoms with E-state index in [-0.39, 0.29) is 0 Å². The molecule has 20 heavy (non-hydrogen) atoms. The van der Waals surface area contributed by atoms with Crippen LogP contribution in [0.1, 0.15) is 22.6 Å². The van der Waals surface area contributed by atoms with Crippen LogP contribution in [-0.4, -0.2) is 20.7 Å². The molecule has 0 saturated carbocycles.